The fourth-order valence-electron chi connectivity index (χ4n) is 3.00. The molecule has 4 nitrogen and oxygen atoms in total. The maximum absolute atomic E-state index is 5.93. The van der Waals surface area contributed by atoms with E-state index in [2.05, 4.69) is 23.3 Å². The van der Waals surface area contributed by atoms with Crippen LogP contribution < -0.4 is 11.3 Å². The van der Waals surface area contributed by atoms with Crippen molar-refractivity contribution in [2.75, 3.05) is 26.2 Å². The molecule has 2 rings (SSSR count). The number of hydrogen-bond acceptors (Lipinski definition) is 4. The molecule has 0 aromatic rings. The van der Waals surface area contributed by atoms with E-state index in [4.69, 9.17) is 10.6 Å². The van der Waals surface area contributed by atoms with Gasteiger partial charge < -0.3 is 4.74 Å². The molecule has 0 aromatic carbocycles. The Morgan fingerprint density at radius 2 is 2.39 bits per heavy atom. The molecule has 1 saturated heterocycles. The molecule has 0 amide bonds. The molecule has 1 aliphatic carbocycles. The number of hydrogen-bond donors (Lipinski definition) is 2. The summed E-state index contributed by atoms with van der Waals surface area (Å²) in [6.07, 6.45) is 8.88. The molecule has 2 unspecified atom stereocenters. The van der Waals surface area contributed by atoms with E-state index < -0.39 is 0 Å². The Balaban J connectivity index is 2.00. The SMILES string of the molecule is CCN1CCOC(C(NN)C2=CCCCCC2)C1. The topological polar surface area (TPSA) is 50.5 Å². The number of hydrazine groups is 1. The van der Waals surface area contributed by atoms with Crippen molar-refractivity contribution in [2.45, 2.75) is 51.2 Å². The minimum absolute atomic E-state index is 0.192. The van der Waals surface area contributed by atoms with Crippen LogP contribution in [-0.2, 0) is 4.74 Å². The fourth-order valence-corrected chi connectivity index (χ4v) is 3.00. The number of rotatable bonds is 4. The Morgan fingerprint density at radius 3 is 3.17 bits per heavy atom. The van der Waals surface area contributed by atoms with Crippen LogP contribution in [0, 0.1) is 0 Å². The minimum Gasteiger partial charge on any atom is -0.374 e. The van der Waals surface area contributed by atoms with Gasteiger partial charge in [-0.15, -0.1) is 0 Å². The maximum Gasteiger partial charge on any atom is 0.0906 e. The van der Waals surface area contributed by atoms with Crippen molar-refractivity contribution in [3.8, 4) is 0 Å². The van der Waals surface area contributed by atoms with Crippen LogP contribution in [-0.4, -0.2) is 43.3 Å². The third-order valence-electron chi connectivity index (χ3n) is 4.15. The Labute approximate surface area is 111 Å². The van der Waals surface area contributed by atoms with E-state index in [-0.39, 0.29) is 12.1 Å². The number of likely N-dealkylation sites (N-methyl/N-ethyl adjacent to an activating group) is 1. The monoisotopic (exact) mass is 253 g/mol. The molecule has 2 atom stereocenters. The number of allylic oxidation sites excluding steroid dienone is 1. The molecule has 4 heteroatoms. The van der Waals surface area contributed by atoms with E-state index in [1.54, 1.807) is 0 Å². The number of morpholine rings is 1. The predicted octanol–water partition coefficient (Wildman–Crippen LogP) is 1.43. The normalized spacial score (nSPS) is 28.6. The van der Waals surface area contributed by atoms with Gasteiger partial charge in [0, 0.05) is 13.1 Å². The van der Waals surface area contributed by atoms with Crippen molar-refractivity contribution < 1.29 is 4.74 Å². The molecule has 1 aliphatic heterocycles. The summed E-state index contributed by atoms with van der Waals surface area (Å²) in [4.78, 5) is 2.44. The van der Waals surface area contributed by atoms with Crippen LogP contribution in [0.3, 0.4) is 0 Å². The lowest BCUT2D eigenvalue weighted by Crippen LogP contribution is -2.54. The molecule has 3 N–H and O–H groups in total. The molecular formula is C14H27N3O. The molecular weight excluding hydrogens is 226 g/mol. The van der Waals surface area contributed by atoms with Gasteiger partial charge in [0.2, 0.25) is 0 Å². The van der Waals surface area contributed by atoms with Gasteiger partial charge in [0.1, 0.15) is 0 Å². The molecule has 0 bridgehead atoms. The maximum atomic E-state index is 5.93. The Hall–Kier alpha value is -0.420. The second kappa shape index (κ2) is 7.24. The second-order valence-corrected chi connectivity index (χ2v) is 5.33. The summed E-state index contributed by atoms with van der Waals surface area (Å²) >= 11 is 0. The van der Waals surface area contributed by atoms with Gasteiger partial charge in [-0.05, 0) is 32.2 Å². The highest BCUT2D eigenvalue weighted by Gasteiger charge is 2.29. The van der Waals surface area contributed by atoms with Crippen LogP contribution >= 0.6 is 0 Å². The second-order valence-electron chi connectivity index (χ2n) is 5.33. The average molecular weight is 253 g/mol. The lowest BCUT2D eigenvalue weighted by atomic mass is 9.96. The highest BCUT2D eigenvalue weighted by Crippen LogP contribution is 2.23. The van der Waals surface area contributed by atoms with Crippen molar-refractivity contribution >= 4 is 0 Å². The standard InChI is InChI=1S/C14H27N3O/c1-2-17-9-10-18-13(11-17)14(16-15)12-7-5-3-4-6-8-12/h7,13-14,16H,2-6,8-11,15H2,1H3. The van der Waals surface area contributed by atoms with Crippen LogP contribution in [0.15, 0.2) is 11.6 Å². The minimum atomic E-state index is 0.192. The first-order valence-corrected chi connectivity index (χ1v) is 7.34. The summed E-state index contributed by atoms with van der Waals surface area (Å²) in [5.74, 6) is 5.78. The lowest BCUT2D eigenvalue weighted by Gasteiger charge is -2.37. The van der Waals surface area contributed by atoms with Gasteiger partial charge in [-0.1, -0.05) is 25.0 Å². The quantitative estimate of drug-likeness (QED) is 0.452. The van der Waals surface area contributed by atoms with Gasteiger partial charge in [0.15, 0.2) is 0 Å². The van der Waals surface area contributed by atoms with Gasteiger partial charge in [0.25, 0.3) is 0 Å². The highest BCUT2D eigenvalue weighted by molar-refractivity contribution is 5.15. The zero-order valence-corrected chi connectivity index (χ0v) is 11.5. The first kappa shape index (κ1) is 14.0. The molecule has 0 saturated carbocycles. The van der Waals surface area contributed by atoms with Crippen LogP contribution in [0.25, 0.3) is 0 Å². The van der Waals surface area contributed by atoms with Crippen molar-refractivity contribution in [3.63, 3.8) is 0 Å². The highest BCUT2D eigenvalue weighted by atomic mass is 16.5. The third kappa shape index (κ3) is 3.54. The van der Waals surface area contributed by atoms with Gasteiger partial charge in [0.05, 0.1) is 18.8 Å². The Morgan fingerprint density at radius 1 is 1.50 bits per heavy atom. The molecule has 0 radical (unpaired) electrons. The van der Waals surface area contributed by atoms with Crippen LogP contribution in [0.4, 0.5) is 0 Å². The van der Waals surface area contributed by atoms with Crippen molar-refractivity contribution in [3.05, 3.63) is 11.6 Å². The smallest absolute Gasteiger partial charge is 0.0906 e. The number of nitrogens with one attached hydrogen (secondary N) is 1. The molecule has 0 aromatic heterocycles. The summed E-state index contributed by atoms with van der Waals surface area (Å²) in [5, 5.41) is 0. The molecule has 104 valence electrons. The predicted molar refractivity (Wildman–Crippen MR) is 74.1 cm³/mol. The summed E-state index contributed by atoms with van der Waals surface area (Å²) in [7, 11) is 0. The number of nitrogens with zero attached hydrogens (tertiary/aromatic N) is 1. The van der Waals surface area contributed by atoms with Crippen LogP contribution in [0.5, 0.6) is 0 Å². The van der Waals surface area contributed by atoms with Crippen molar-refractivity contribution in [2.24, 2.45) is 5.84 Å². The van der Waals surface area contributed by atoms with E-state index >= 15 is 0 Å². The first-order valence-electron chi connectivity index (χ1n) is 7.34. The number of nitrogens with two attached hydrogens (primary N) is 1. The summed E-state index contributed by atoms with van der Waals surface area (Å²) < 4.78 is 5.93. The van der Waals surface area contributed by atoms with E-state index in [0.717, 1.165) is 26.2 Å². The fraction of sp³-hybridized carbons (Fsp3) is 0.857. The van der Waals surface area contributed by atoms with Crippen molar-refractivity contribution in [1.29, 1.82) is 0 Å². The first-order chi connectivity index (χ1) is 8.85. The van der Waals surface area contributed by atoms with Gasteiger partial charge >= 0.3 is 0 Å². The molecule has 2 aliphatic rings. The largest absolute Gasteiger partial charge is 0.374 e. The van der Waals surface area contributed by atoms with E-state index in [1.165, 1.54) is 37.7 Å². The zero-order chi connectivity index (χ0) is 12.8. The Kier molecular flexibility index (Phi) is 5.63. The van der Waals surface area contributed by atoms with Crippen molar-refractivity contribution in [1.82, 2.24) is 10.3 Å². The third-order valence-corrected chi connectivity index (χ3v) is 4.15. The lowest BCUT2D eigenvalue weighted by molar-refractivity contribution is -0.0393. The van der Waals surface area contributed by atoms with Gasteiger partial charge in [-0.3, -0.25) is 16.2 Å². The summed E-state index contributed by atoms with van der Waals surface area (Å²) in [5.41, 5.74) is 4.45. The van der Waals surface area contributed by atoms with Gasteiger partial charge in [-0.25, -0.2) is 0 Å². The Bertz CT molecular complexity index is 280. The summed E-state index contributed by atoms with van der Waals surface area (Å²) in [6, 6.07) is 0.192. The van der Waals surface area contributed by atoms with E-state index in [9.17, 15) is 0 Å². The van der Waals surface area contributed by atoms with Crippen LogP contribution in [0.2, 0.25) is 0 Å². The molecule has 1 fully saturated rings. The van der Waals surface area contributed by atoms with E-state index in [0.29, 0.717) is 0 Å². The zero-order valence-electron chi connectivity index (χ0n) is 11.5. The van der Waals surface area contributed by atoms with Gasteiger partial charge in [-0.2, -0.15) is 0 Å². The molecule has 1 heterocycles. The molecule has 0 spiro atoms. The molecule has 18 heavy (non-hydrogen) atoms. The number of ether oxygens (including phenoxy) is 1. The van der Waals surface area contributed by atoms with Crippen LogP contribution in [0.1, 0.15) is 39.0 Å². The average Bonchev–Trinajstić information content (AvgIpc) is 2.69. The summed E-state index contributed by atoms with van der Waals surface area (Å²) in [6.45, 7) is 6.16. The van der Waals surface area contributed by atoms with E-state index in [1.807, 2.05) is 0 Å².